The summed E-state index contributed by atoms with van der Waals surface area (Å²) in [7, 11) is 3.42. The summed E-state index contributed by atoms with van der Waals surface area (Å²) in [6.07, 6.45) is 0. The number of carbonyl (C=O) groups is 1. The number of carbonyl (C=O) groups excluding carboxylic acids is 1. The Balaban J connectivity index is 2.21. The minimum Gasteiger partial charge on any atom is -0.351 e. The van der Waals surface area contributed by atoms with Gasteiger partial charge in [-0.05, 0) is 67.9 Å². The van der Waals surface area contributed by atoms with Crippen molar-refractivity contribution in [2.75, 3.05) is 19.0 Å². The third-order valence-electron chi connectivity index (χ3n) is 4.91. The first-order chi connectivity index (χ1) is 13.2. The molecule has 0 unspecified atom stereocenters. The molecule has 0 aliphatic carbocycles. The van der Waals surface area contributed by atoms with Gasteiger partial charge >= 0.3 is 0 Å². The molecule has 28 heavy (non-hydrogen) atoms. The molecular formula is C22H24FN3OS. The lowest BCUT2D eigenvalue weighted by Gasteiger charge is -2.39. The summed E-state index contributed by atoms with van der Waals surface area (Å²) in [5.74, 6) is -0.492. The van der Waals surface area contributed by atoms with E-state index >= 15 is 0 Å². The van der Waals surface area contributed by atoms with E-state index < -0.39 is 6.04 Å². The minimum absolute atomic E-state index is 0.142. The average Bonchev–Trinajstić information content (AvgIpc) is 2.63. The number of thiocarbonyl (C=S) groups is 1. The Morgan fingerprint density at radius 3 is 2.50 bits per heavy atom. The Morgan fingerprint density at radius 1 is 1.14 bits per heavy atom. The predicted octanol–water partition coefficient (Wildman–Crippen LogP) is 4.24. The molecule has 1 atom stereocenters. The van der Waals surface area contributed by atoms with E-state index in [2.05, 4.69) is 5.32 Å². The van der Waals surface area contributed by atoms with Crippen LogP contribution in [0.1, 0.15) is 29.7 Å². The van der Waals surface area contributed by atoms with E-state index in [-0.39, 0.29) is 11.7 Å². The van der Waals surface area contributed by atoms with Gasteiger partial charge < -0.3 is 10.2 Å². The van der Waals surface area contributed by atoms with Gasteiger partial charge in [-0.25, -0.2) is 4.39 Å². The van der Waals surface area contributed by atoms with Gasteiger partial charge in [-0.2, -0.15) is 0 Å². The molecule has 0 radical (unpaired) electrons. The Kier molecular flexibility index (Phi) is 5.52. The molecule has 3 rings (SSSR count). The minimum atomic E-state index is -0.514. The van der Waals surface area contributed by atoms with Crippen molar-refractivity contribution < 1.29 is 9.18 Å². The van der Waals surface area contributed by atoms with Gasteiger partial charge in [0.25, 0.3) is 5.91 Å². The van der Waals surface area contributed by atoms with Gasteiger partial charge in [0.05, 0.1) is 17.3 Å². The summed E-state index contributed by atoms with van der Waals surface area (Å²) in [6.45, 7) is 5.92. The van der Waals surface area contributed by atoms with Gasteiger partial charge in [-0.15, -0.1) is 0 Å². The third-order valence-corrected chi connectivity index (χ3v) is 5.21. The molecule has 0 aromatic heterocycles. The molecule has 146 valence electrons. The molecule has 4 nitrogen and oxygen atoms in total. The summed E-state index contributed by atoms with van der Waals surface area (Å²) in [4.78, 5) is 16.5. The summed E-state index contributed by atoms with van der Waals surface area (Å²) >= 11 is 5.67. The lowest BCUT2D eigenvalue weighted by Crippen LogP contribution is -2.49. The van der Waals surface area contributed by atoms with E-state index in [1.807, 2.05) is 43.9 Å². The van der Waals surface area contributed by atoms with Crippen molar-refractivity contribution in [2.45, 2.75) is 26.8 Å². The zero-order chi connectivity index (χ0) is 20.6. The van der Waals surface area contributed by atoms with Crippen molar-refractivity contribution >= 4 is 28.9 Å². The van der Waals surface area contributed by atoms with Crippen molar-refractivity contribution in [1.82, 2.24) is 10.2 Å². The standard InChI is InChI=1S/C22H24FN3OS/c1-13-9-10-14(2)18(11-13)26-15(3)19(21(27)25(4)5)20(24-22(26)28)16-7-6-8-17(23)12-16/h6-12,20H,1-5H3,(H,24,28)/t20-/m0/s1. The van der Waals surface area contributed by atoms with E-state index in [0.29, 0.717) is 16.2 Å². The molecule has 0 fully saturated rings. The predicted molar refractivity (Wildman–Crippen MR) is 115 cm³/mol. The van der Waals surface area contributed by atoms with Gasteiger partial charge in [0.1, 0.15) is 5.82 Å². The quantitative estimate of drug-likeness (QED) is 0.786. The van der Waals surface area contributed by atoms with E-state index in [9.17, 15) is 9.18 Å². The van der Waals surface area contributed by atoms with Gasteiger partial charge in [0, 0.05) is 19.8 Å². The van der Waals surface area contributed by atoms with Crippen LogP contribution in [0.15, 0.2) is 53.7 Å². The fourth-order valence-corrected chi connectivity index (χ4v) is 3.80. The Morgan fingerprint density at radius 2 is 1.86 bits per heavy atom. The molecule has 0 spiro atoms. The Hall–Kier alpha value is -2.73. The van der Waals surface area contributed by atoms with Crippen molar-refractivity contribution in [3.05, 3.63) is 76.2 Å². The van der Waals surface area contributed by atoms with Gasteiger partial charge in [0.15, 0.2) is 5.11 Å². The normalized spacial score (nSPS) is 16.9. The lowest BCUT2D eigenvalue weighted by molar-refractivity contribution is -0.125. The molecule has 0 saturated heterocycles. The zero-order valence-electron chi connectivity index (χ0n) is 16.7. The molecule has 6 heteroatoms. The third kappa shape index (κ3) is 3.64. The average molecular weight is 398 g/mol. The molecule has 1 amide bonds. The summed E-state index contributed by atoms with van der Waals surface area (Å²) < 4.78 is 13.9. The van der Waals surface area contributed by atoms with Crippen LogP contribution in [0.3, 0.4) is 0 Å². The maximum absolute atomic E-state index is 13.9. The van der Waals surface area contributed by atoms with E-state index in [1.165, 1.54) is 17.0 Å². The number of benzene rings is 2. The van der Waals surface area contributed by atoms with Crippen LogP contribution in [0.25, 0.3) is 0 Å². The summed E-state index contributed by atoms with van der Waals surface area (Å²) in [5.41, 5.74) is 5.03. The van der Waals surface area contributed by atoms with Crippen molar-refractivity contribution in [2.24, 2.45) is 0 Å². The molecule has 1 aliphatic heterocycles. The number of aryl methyl sites for hydroxylation is 2. The smallest absolute Gasteiger partial charge is 0.253 e. The number of likely N-dealkylation sites (N-methyl/N-ethyl adjacent to an activating group) is 1. The van der Waals surface area contributed by atoms with Crippen LogP contribution in [0.5, 0.6) is 0 Å². The van der Waals surface area contributed by atoms with Crippen LogP contribution in [-0.4, -0.2) is 30.0 Å². The number of hydrogen-bond acceptors (Lipinski definition) is 2. The van der Waals surface area contributed by atoms with E-state index in [4.69, 9.17) is 12.2 Å². The topological polar surface area (TPSA) is 35.6 Å². The van der Waals surface area contributed by atoms with E-state index in [1.54, 1.807) is 26.2 Å². The highest BCUT2D eigenvalue weighted by Crippen LogP contribution is 2.36. The maximum Gasteiger partial charge on any atom is 0.253 e. The van der Waals surface area contributed by atoms with Crippen LogP contribution in [0.4, 0.5) is 10.1 Å². The summed E-state index contributed by atoms with van der Waals surface area (Å²) in [6, 6.07) is 11.9. The number of nitrogens with zero attached hydrogens (tertiary/aromatic N) is 2. The number of allylic oxidation sites excluding steroid dienone is 1. The first-order valence-corrected chi connectivity index (χ1v) is 9.47. The number of hydrogen-bond donors (Lipinski definition) is 1. The van der Waals surface area contributed by atoms with Crippen molar-refractivity contribution in [3.63, 3.8) is 0 Å². The van der Waals surface area contributed by atoms with E-state index in [0.717, 1.165) is 22.5 Å². The Labute approximate surface area is 170 Å². The van der Waals surface area contributed by atoms with Gasteiger partial charge in [0.2, 0.25) is 0 Å². The number of anilines is 1. The molecule has 1 heterocycles. The summed E-state index contributed by atoms with van der Waals surface area (Å²) in [5, 5.41) is 3.74. The number of amides is 1. The fraction of sp³-hybridized carbons (Fsp3) is 0.273. The van der Waals surface area contributed by atoms with Crippen molar-refractivity contribution in [1.29, 1.82) is 0 Å². The fourth-order valence-electron chi connectivity index (χ4n) is 3.45. The molecule has 0 saturated carbocycles. The number of nitrogens with one attached hydrogen (secondary N) is 1. The van der Waals surface area contributed by atoms with Crippen LogP contribution < -0.4 is 10.2 Å². The molecule has 1 aliphatic rings. The molecule has 1 N–H and O–H groups in total. The van der Waals surface area contributed by atoms with Crippen LogP contribution >= 0.6 is 12.2 Å². The monoisotopic (exact) mass is 397 g/mol. The number of halogens is 1. The van der Waals surface area contributed by atoms with Crippen LogP contribution in [0, 0.1) is 19.7 Å². The first kappa shape index (κ1) is 20.0. The second-order valence-corrected chi connectivity index (χ2v) is 7.65. The second kappa shape index (κ2) is 7.72. The van der Waals surface area contributed by atoms with Crippen LogP contribution in [-0.2, 0) is 4.79 Å². The van der Waals surface area contributed by atoms with Crippen molar-refractivity contribution in [3.8, 4) is 0 Å². The highest BCUT2D eigenvalue weighted by atomic mass is 32.1. The molecule has 0 bridgehead atoms. The second-order valence-electron chi connectivity index (χ2n) is 7.26. The highest BCUT2D eigenvalue weighted by molar-refractivity contribution is 7.80. The maximum atomic E-state index is 13.9. The molecule has 2 aromatic carbocycles. The van der Waals surface area contributed by atoms with Gasteiger partial charge in [-0.3, -0.25) is 9.69 Å². The van der Waals surface area contributed by atoms with Gasteiger partial charge in [-0.1, -0.05) is 24.3 Å². The number of rotatable bonds is 3. The molecular weight excluding hydrogens is 373 g/mol. The zero-order valence-corrected chi connectivity index (χ0v) is 17.5. The highest BCUT2D eigenvalue weighted by Gasteiger charge is 2.35. The molecule has 2 aromatic rings. The SMILES string of the molecule is CC1=C(C(=O)N(C)C)[C@H](c2cccc(F)c2)NC(=S)N1c1cc(C)ccc1C. The van der Waals surface area contributed by atoms with Crippen LogP contribution in [0.2, 0.25) is 0 Å². The lowest BCUT2D eigenvalue weighted by atomic mass is 9.93. The first-order valence-electron chi connectivity index (χ1n) is 9.06. The Bertz CT molecular complexity index is 983. The largest absolute Gasteiger partial charge is 0.351 e.